The number of rotatable bonds is 4. The van der Waals surface area contributed by atoms with Crippen LogP contribution in [0, 0.1) is 0 Å². The maximum absolute atomic E-state index is 6.72. The smallest absolute Gasteiger partial charge is 0.164 e. The van der Waals surface area contributed by atoms with E-state index in [4.69, 9.17) is 19.4 Å². The lowest BCUT2D eigenvalue weighted by atomic mass is 9.97. The Balaban J connectivity index is 1.27. The highest BCUT2D eigenvalue weighted by atomic mass is 16.3. The average Bonchev–Trinajstić information content (AvgIpc) is 3.55. The second kappa shape index (κ2) is 10.9. The van der Waals surface area contributed by atoms with Crippen molar-refractivity contribution in [3.05, 3.63) is 158 Å². The van der Waals surface area contributed by atoms with E-state index in [1.807, 2.05) is 66.9 Å². The molecule has 0 aliphatic carbocycles. The summed E-state index contributed by atoms with van der Waals surface area (Å²) in [5.41, 5.74) is 7.25. The molecule has 0 spiro atoms. The zero-order valence-corrected chi connectivity index (χ0v) is 26.2. The molecule has 0 radical (unpaired) electrons. The Hall–Kier alpha value is -6.72. The number of fused-ring (bicyclic) bond motifs is 7. The second-order valence-electron chi connectivity index (χ2n) is 12.3. The summed E-state index contributed by atoms with van der Waals surface area (Å²) in [7, 11) is 0. The van der Waals surface area contributed by atoms with E-state index in [1.165, 1.54) is 16.2 Å². The second-order valence-corrected chi connectivity index (χ2v) is 12.3. The number of benzene rings is 7. The lowest BCUT2D eigenvalue weighted by Crippen LogP contribution is -2.00. The summed E-state index contributed by atoms with van der Waals surface area (Å²) in [6.45, 7) is 0. The van der Waals surface area contributed by atoms with Crippen LogP contribution in [0.4, 0.5) is 0 Å². The summed E-state index contributed by atoms with van der Waals surface area (Å²) in [5.74, 6) is 1.81. The topological polar surface area (TPSA) is 64.7 Å². The Morgan fingerprint density at radius 3 is 1.90 bits per heavy atom. The van der Waals surface area contributed by atoms with Crippen LogP contribution < -0.4 is 0 Å². The van der Waals surface area contributed by atoms with E-state index in [1.54, 1.807) is 0 Å². The van der Waals surface area contributed by atoms with E-state index < -0.39 is 0 Å². The zero-order chi connectivity index (χ0) is 32.3. The minimum absolute atomic E-state index is 0.584. The first-order valence-electron chi connectivity index (χ1n) is 16.3. The van der Waals surface area contributed by atoms with Gasteiger partial charge < -0.3 is 4.42 Å². The van der Waals surface area contributed by atoms with Crippen LogP contribution in [0.1, 0.15) is 0 Å². The molecule has 0 aliphatic heterocycles. The van der Waals surface area contributed by atoms with Crippen molar-refractivity contribution in [1.29, 1.82) is 0 Å². The molecule has 10 aromatic rings. The van der Waals surface area contributed by atoms with Crippen LogP contribution in [-0.4, -0.2) is 19.9 Å². The van der Waals surface area contributed by atoms with E-state index in [0.29, 0.717) is 17.5 Å². The van der Waals surface area contributed by atoms with Crippen molar-refractivity contribution in [3.8, 4) is 45.3 Å². The highest BCUT2D eigenvalue weighted by Crippen LogP contribution is 2.42. The number of aromatic nitrogens is 4. The minimum atomic E-state index is 0.584. The summed E-state index contributed by atoms with van der Waals surface area (Å²) in [6.07, 6.45) is 1.81. The van der Waals surface area contributed by atoms with Gasteiger partial charge in [-0.2, -0.15) is 0 Å². The van der Waals surface area contributed by atoms with Gasteiger partial charge in [0.25, 0.3) is 0 Å². The third kappa shape index (κ3) is 4.55. The van der Waals surface area contributed by atoms with Gasteiger partial charge in [0, 0.05) is 50.7 Å². The summed E-state index contributed by atoms with van der Waals surface area (Å²) in [4.78, 5) is 20.0. The van der Waals surface area contributed by atoms with Gasteiger partial charge in [0.15, 0.2) is 17.5 Å². The van der Waals surface area contributed by atoms with Gasteiger partial charge in [-0.25, -0.2) is 15.0 Å². The summed E-state index contributed by atoms with van der Waals surface area (Å²) in [5, 5.41) is 7.72. The molecule has 3 heterocycles. The lowest BCUT2D eigenvalue weighted by molar-refractivity contribution is 0.670. The van der Waals surface area contributed by atoms with Crippen molar-refractivity contribution < 1.29 is 4.42 Å². The maximum Gasteiger partial charge on any atom is 0.164 e. The van der Waals surface area contributed by atoms with E-state index >= 15 is 0 Å². The summed E-state index contributed by atoms with van der Waals surface area (Å²) >= 11 is 0. The molecule has 0 saturated heterocycles. The van der Waals surface area contributed by atoms with Crippen LogP contribution >= 0.6 is 0 Å². The minimum Gasteiger partial charge on any atom is -0.455 e. The predicted molar refractivity (Wildman–Crippen MR) is 199 cm³/mol. The normalized spacial score (nSPS) is 11.7. The predicted octanol–water partition coefficient (Wildman–Crippen LogP) is 11.3. The van der Waals surface area contributed by atoms with E-state index in [-0.39, 0.29) is 0 Å². The molecule has 0 N–H and O–H groups in total. The average molecular weight is 627 g/mol. The Labute approximate surface area is 281 Å². The quantitative estimate of drug-likeness (QED) is 0.182. The highest BCUT2D eigenvalue weighted by molar-refractivity contribution is 6.18. The molecule has 7 aromatic carbocycles. The first-order valence-corrected chi connectivity index (χ1v) is 16.3. The molecular formula is C44H26N4O. The fourth-order valence-electron chi connectivity index (χ4n) is 6.96. The molecular weight excluding hydrogens is 601 g/mol. The van der Waals surface area contributed by atoms with Gasteiger partial charge in [-0.05, 0) is 57.4 Å². The molecule has 5 heteroatoms. The molecule has 10 rings (SSSR count). The summed E-state index contributed by atoms with van der Waals surface area (Å²) < 4.78 is 6.72. The largest absolute Gasteiger partial charge is 0.455 e. The maximum atomic E-state index is 6.72. The monoisotopic (exact) mass is 626 g/mol. The zero-order valence-electron chi connectivity index (χ0n) is 26.2. The van der Waals surface area contributed by atoms with Crippen LogP contribution in [0.5, 0.6) is 0 Å². The molecule has 0 bridgehead atoms. The van der Waals surface area contributed by atoms with Gasteiger partial charge in [-0.15, -0.1) is 0 Å². The van der Waals surface area contributed by atoms with Crippen LogP contribution in [0.15, 0.2) is 162 Å². The van der Waals surface area contributed by atoms with Gasteiger partial charge in [0.1, 0.15) is 11.2 Å². The van der Waals surface area contributed by atoms with Crippen molar-refractivity contribution >= 4 is 54.4 Å². The van der Waals surface area contributed by atoms with Crippen LogP contribution in [-0.2, 0) is 0 Å². The SMILES string of the molecule is c1ccc(-c2nc(-c3ccc4ccc5ccccc5c4c3)nc(-c3ccc(-c4ccccc4)c4oc5cc6ncccc6cc5c34)n2)cc1. The Morgan fingerprint density at radius 1 is 0.408 bits per heavy atom. The molecule has 0 unspecified atom stereocenters. The molecule has 0 fully saturated rings. The third-order valence-corrected chi connectivity index (χ3v) is 9.34. The molecule has 3 aromatic heterocycles. The van der Waals surface area contributed by atoms with Crippen LogP contribution in [0.3, 0.4) is 0 Å². The third-order valence-electron chi connectivity index (χ3n) is 9.34. The van der Waals surface area contributed by atoms with Gasteiger partial charge in [-0.3, -0.25) is 4.98 Å². The molecule has 49 heavy (non-hydrogen) atoms. The number of nitrogens with zero attached hydrogens (tertiary/aromatic N) is 4. The van der Waals surface area contributed by atoms with E-state index in [9.17, 15) is 0 Å². The number of furan rings is 1. The van der Waals surface area contributed by atoms with Crippen molar-refractivity contribution in [1.82, 2.24) is 19.9 Å². The van der Waals surface area contributed by atoms with E-state index in [2.05, 4.69) is 96.0 Å². The highest BCUT2D eigenvalue weighted by Gasteiger charge is 2.21. The molecule has 0 saturated carbocycles. The summed E-state index contributed by atoms with van der Waals surface area (Å²) in [6, 6.07) is 52.2. The fraction of sp³-hybridized carbons (Fsp3) is 0. The number of pyridine rings is 1. The molecule has 0 aliphatic rings. The number of hydrogen-bond donors (Lipinski definition) is 0. The van der Waals surface area contributed by atoms with Gasteiger partial charge in [0.05, 0.1) is 5.52 Å². The molecule has 228 valence electrons. The Morgan fingerprint density at radius 2 is 1.06 bits per heavy atom. The van der Waals surface area contributed by atoms with Crippen molar-refractivity contribution in [2.75, 3.05) is 0 Å². The Bertz CT molecular complexity index is 2880. The van der Waals surface area contributed by atoms with Crippen molar-refractivity contribution in [3.63, 3.8) is 0 Å². The molecule has 5 nitrogen and oxygen atoms in total. The number of hydrogen-bond acceptors (Lipinski definition) is 5. The first kappa shape index (κ1) is 27.4. The fourth-order valence-corrected chi connectivity index (χ4v) is 6.96. The first-order chi connectivity index (χ1) is 24.3. The van der Waals surface area contributed by atoms with Crippen LogP contribution in [0.25, 0.3) is 99.7 Å². The van der Waals surface area contributed by atoms with E-state index in [0.717, 1.165) is 66.0 Å². The lowest BCUT2D eigenvalue weighted by Gasteiger charge is -2.11. The molecule has 0 amide bonds. The standard InChI is InChI=1S/C44H26N4O/c1-3-10-27(11-4-1)34-21-22-35(40-37-24-31-15-9-23-45-38(31)26-39(37)49-41(34)40)44-47-42(30-13-5-2-6-14-30)46-43(48-44)32-20-19-29-18-17-28-12-7-8-16-33(28)36(29)25-32/h1-26H. The van der Waals surface area contributed by atoms with Crippen LogP contribution in [0.2, 0.25) is 0 Å². The van der Waals surface area contributed by atoms with Crippen molar-refractivity contribution in [2.45, 2.75) is 0 Å². The van der Waals surface area contributed by atoms with Gasteiger partial charge in [0.2, 0.25) is 0 Å². The van der Waals surface area contributed by atoms with Crippen molar-refractivity contribution in [2.24, 2.45) is 0 Å². The Kier molecular flexibility index (Phi) is 6.11. The van der Waals surface area contributed by atoms with Gasteiger partial charge in [-0.1, -0.05) is 115 Å². The van der Waals surface area contributed by atoms with Gasteiger partial charge >= 0.3 is 0 Å². The molecule has 0 atom stereocenters.